The summed E-state index contributed by atoms with van der Waals surface area (Å²) in [5.41, 5.74) is 7.29. The van der Waals surface area contributed by atoms with Gasteiger partial charge in [-0.15, -0.1) is 0 Å². The van der Waals surface area contributed by atoms with Crippen molar-refractivity contribution in [3.8, 4) is 11.4 Å². The zero-order valence-electron chi connectivity index (χ0n) is 14.0. The smallest absolute Gasteiger partial charge is 0.382 e. The number of alkyl halides is 3. The van der Waals surface area contributed by atoms with Crippen molar-refractivity contribution in [2.45, 2.75) is 12.7 Å². The third kappa shape index (κ3) is 3.21. The molecule has 0 unspecified atom stereocenters. The Morgan fingerprint density at radius 2 is 1.74 bits per heavy atom. The maximum absolute atomic E-state index is 13.1. The SMILES string of the molecule is Nc1ncnc2c1nc(-c1cccc(C(F)(F)F)c1)n2Cc1ccccc1. The molecule has 0 radical (unpaired) electrons. The molecular weight excluding hydrogens is 355 g/mol. The minimum Gasteiger partial charge on any atom is -0.382 e. The van der Waals surface area contributed by atoms with E-state index in [1.54, 1.807) is 10.6 Å². The fourth-order valence-electron chi connectivity index (χ4n) is 2.92. The van der Waals surface area contributed by atoms with Crippen LogP contribution in [0.4, 0.5) is 19.0 Å². The minimum atomic E-state index is -4.44. The summed E-state index contributed by atoms with van der Waals surface area (Å²) in [5.74, 6) is 0.534. The van der Waals surface area contributed by atoms with Crippen LogP contribution >= 0.6 is 0 Å². The number of rotatable bonds is 3. The molecular formula is C19H14F3N5. The van der Waals surface area contributed by atoms with Gasteiger partial charge in [-0.3, -0.25) is 0 Å². The summed E-state index contributed by atoms with van der Waals surface area (Å²) in [5, 5.41) is 0. The lowest BCUT2D eigenvalue weighted by Gasteiger charge is -2.11. The Balaban J connectivity index is 1.92. The largest absolute Gasteiger partial charge is 0.416 e. The molecule has 0 spiro atoms. The lowest BCUT2D eigenvalue weighted by atomic mass is 10.1. The van der Waals surface area contributed by atoms with E-state index in [0.717, 1.165) is 17.7 Å². The minimum absolute atomic E-state index is 0.181. The van der Waals surface area contributed by atoms with Crippen molar-refractivity contribution in [2.24, 2.45) is 0 Å². The first-order valence-electron chi connectivity index (χ1n) is 8.12. The van der Waals surface area contributed by atoms with Gasteiger partial charge in [0, 0.05) is 5.56 Å². The summed E-state index contributed by atoms with van der Waals surface area (Å²) in [6, 6.07) is 14.6. The van der Waals surface area contributed by atoms with Gasteiger partial charge in [0.1, 0.15) is 12.2 Å². The van der Waals surface area contributed by atoms with Crippen molar-refractivity contribution in [1.29, 1.82) is 0 Å². The quantitative estimate of drug-likeness (QED) is 0.589. The summed E-state index contributed by atoms with van der Waals surface area (Å²) in [7, 11) is 0. The Morgan fingerprint density at radius 1 is 0.963 bits per heavy atom. The van der Waals surface area contributed by atoms with Gasteiger partial charge in [-0.05, 0) is 17.7 Å². The van der Waals surface area contributed by atoms with Crippen LogP contribution in [0, 0.1) is 0 Å². The Hall–Kier alpha value is -3.42. The molecule has 0 atom stereocenters. The summed E-state index contributed by atoms with van der Waals surface area (Å²) < 4.78 is 41.1. The van der Waals surface area contributed by atoms with E-state index in [1.165, 1.54) is 12.4 Å². The average molecular weight is 369 g/mol. The normalized spacial score (nSPS) is 11.8. The summed E-state index contributed by atoms with van der Waals surface area (Å²) in [6.45, 7) is 0.388. The van der Waals surface area contributed by atoms with E-state index in [-0.39, 0.29) is 5.82 Å². The van der Waals surface area contributed by atoms with E-state index >= 15 is 0 Å². The monoisotopic (exact) mass is 369 g/mol. The van der Waals surface area contributed by atoms with Crippen LogP contribution in [0.25, 0.3) is 22.6 Å². The molecule has 5 nitrogen and oxygen atoms in total. The van der Waals surface area contributed by atoms with Crippen LogP contribution in [0.15, 0.2) is 60.9 Å². The highest BCUT2D eigenvalue weighted by molar-refractivity contribution is 5.85. The van der Waals surface area contributed by atoms with Crippen molar-refractivity contribution < 1.29 is 13.2 Å². The van der Waals surface area contributed by atoms with E-state index in [1.807, 2.05) is 30.3 Å². The highest BCUT2D eigenvalue weighted by Crippen LogP contribution is 2.33. The maximum atomic E-state index is 13.1. The van der Waals surface area contributed by atoms with Crippen LogP contribution in [0.3, 0.4) is 0 Å². The lowest BCUT2D eigenvalue weighted by molar-refractivity contribution is -0.137. The van der Waals surface area contributed by atoms with Crippen molar-refractivity contribution in [2.75, 3.05) is 5.73 Å². The molecule has 8 heteroatoms. The number of benzene rings is 2. The molecule has 0 bridgehead atoms. The number of fused-ring (bicyclic) bond motifs is 1. The van der Waals surface area contributed by atoms with E-state index in [2.05, 4.69) is 15.0 Å². The number of anilines is 1. The number of hydrogen-bond acceptors (Lipinski definition) is 4. The molecule has 2 aromatic heterocycles. The van der Waals surface area contributed by atoms with E-state index < -0.39 is 11.7 Å². The van der Waals surface area contributed by atoms with Crippen LogP contribution in [-0.2, 0) is 12.7 Å². The molecule has 4 aromatic rings. The Morgan fingerprint density at radius 3 is 2.48 bits per heavy atom. The third-order valence-electron chi connectivity index (χ3n) is 4.19. The Bertz CT molecular complexity index is 1100. The zero-order valence-corrected chi connectivity index (χ0v) is 14.0. The molecule has 0 fully saturated rings. The van der Waals surface area contributed by atoms with E-state index in [9.17, 15) is 13.2 Å². The molecule has 4 rings (SSSR count). The lowest BCUT2D eigenvalue weighted by Crippen LogP contribution is -2.06. The molecule has 2 N–H and O–H groups in total. The van der Waals surface area contributed by atoms with Crippen LogP contribution in [-0.4, -0.2) is 19.5 Å². The number of imidazole rings is 1. The number of aromatic nitrogens is 4. The fourth-order valence-corrected chi connectivity index (χ4v) is 2.92. The fraction of sp³-hybridized carbons (Fsp3) is 0.105. The zero-order chi connectivity index (χ0) is 19.0. The van der Waals surface area contributed by atoms with E-state index in [0.29, 0.717) is 29.1 Å². The summed E-state index contributed by atoms with van der Waals surface area (Å²) in [6.07, 6.45) is -3.12. The van der Waals surface area contributed by atoms with E-state index in [4.69, 9.17) is 5.73 Å². The molecule has 0 aliphatic rings. The highest BCUT2D eigenvalue weighted by atomic mass is 19.4. The van der Waals surface area contributed by atoms with Gasteiger partial charge in [-0.25, -0.2) is 15.0 Å². The molecule has 0 aliphatic carbocycles. The van der Waals surface area contributed by atoms with Crippen molar-refractivity contribution in [1.82, 2.24) is 19.5 Å². The second-order valence-electron chi connectivity index (χ2n) is 6.02. The molecule has 136 valence electrons. The molecule has 0 saturated heterocycles. The van der Waals surface area contributed by atoms with Crippen LogP contribution in [0.5, 0.6) is 0 Å². The number of hydrogen-bond donors (Lipinski definition) is 1. The van der Waals surface area contributed by atoms with Gasteiger partial charge in [0.05, 0.1) is 12.1 Å². The second-order valence-corrected chi connectivity index (χ2v) is 6.02. The van der Waals surface area contributed by atoms with Crippen molar-refractivity contribution in [3.63, 3.8) is 0 Å². The van der Waals surface area contributed by atoms with Gasteiger partial charge in [-0.2, -0.15) is 13.2 Å². The molecule has 2 heterocycles. The molecule has 27 heavy (non-hydrogen) atoms. The Labute approximate surface area is 152 Å². The second kappa shape index (κ2) is 6.39. The van der Waals surface area contributed by atoms with Gasteiger partial charge < -0.3 is 10.3 Å². The molecule has 0 saturated carbocycles. The van der Waals surface area contributed by atoms with Gasteiger partial charge in [0.25, 0.3) is 0 Å². The number of nitrogen functional groups attached to an aromatic ring is 1. The maximum Gasteiger partial charge on any atom is 0.416 e. The Kier molecular flexibility index (Phi) is 4.02. The first-order chi connectivity index (χ1) is 12.9. The van der Waals surface area contributed by atoms with Crippen LogP contribution < -0.4 is 5.73 Å². The highest BCUT2D eigenvalue weighted by Gasteiger charge is 2.31. The number of nitrogens with zero attached hydrogens (tertiary/aromatic N) is 4. The topological polar surface area (TPSA) is 69.6 Å². The van der Waals surface area contributed by atoms with Crippen molar-refractivity contribution in [3.05, 3.63) is 72.1 Å². The number of nitrogens with two attached hydrogens (primary N) is 1. The third-order valence-corrected chi connectivity index (χ3v) is 4.19. The predicted octanol–water partition coefficient (Wildman–Crippen LogP) is 4.14. The van der Waals surface area contributed by atoms with Gasteiger partial charge in [0.15, 0.2) is 17.0 Å². The summed E-state index contributed by atoms with van der Waals surface area (Å²) in [4.78, 5) is 12.6. The van der Waals surface area contributed by atoms with Crippen molar-refractivity contribution >= 4 is 17.0 Å². The van der Waals surface area contributed by atoms with Gasteiger partial charge in [0.2, 0.25) is 0 Å². The van der Waals surface area contributed by atoms with Crippen LogP contribution in [0.1, 0.15) is 11.1 Å². The number of halogens is 3. The van der Waals surface area contributed by atoms with Gasteiger partial charge >= 0.3 is 6.18 Å². The predicted molar refractivity (Wildman–Crippen MR) is 95.7 cm³/mol. The summed E-state index contributed by atoms with van der Waals surface area (Å²) >= 11 is 0. The van der Waals surface area contributed by atoms with Crippen LogP contribution in [0.2, 0.25) is 0 Å². The molecule has 0 aliphatic heterocycles. The average Bonchev–Trinajstić information content (AvgIpc) is 3.02. The van der Waals surface area contributed by atoms with Gasteiger partial charge in [-0.1, -0.05) is 42.5 Å². The molecule has 0 amide bonds. The standard InChI is InChI=1S/C19H14F3N5/c20-19(21,22)14-8-4-7-13(9-14)17-26-15-16(23)24-11-25-18(15)27(17)10-12-5-2-1-3-6-12/h1-9,11H,10H2,(H2,23,24,25). The molecule has 2 aromatic carbocycles. The first-order valence-corrected chi connectivity index (χ1v) is 8.12. The first kappa shape index (κ1) is 17.0.